The first-order valence-electron chi connectivity index (χ1n) is 10.9. The Hall–Kier alpha value is -1.85. The van der Waals surface area contributed by atoms with Gasteiger partial charge in [-0.1, -0.05) is 11.2 Å². The predicted octanol–water partition coefficient (Wildman–Crippen LogP) is 3.29. The lowest BCUT2D eigenvalue weighted by molar-refractivity contribution is 0.180. The van der Waals surface area contributed by atoms with Gasteiger partial charge in [0.25, 0.3) is 0 Å². The molecular formula is C23H31N3O2. The van der Waals surface area contributed by atoms with Crippen molar-refractivity contribution in [1.29, 1.82) is 0 Å². The van der Waals surface area contributed by atoms with Crippen LogP contribution in [0, 0.1) is 12.8 Å². The number of benzene rings is 1. The minimum Gasteiger partial charge on any atom is -0.379 e. The molecule has 0 unspecified atom stereocenters. The highest BCUT2D eigenvalue weighted by atomic mass is 16.5. The molecule has 0 bridgehead atoms. The number of ether oxygens (including phenoxy) is 1. The third kappa shape index (κ3) is 3.83. The van der Waals surface area contributed by atoms with Gasteiger partial charge < -0.3 is 19.5 Å². The van der Waals surface area contributed by atoms with Crippen LogP contribution < -0.4 is 10.2 Å². The number of hydrogen-bond acceptors (Lipinski definition) is 5. The van der Waals surface area contributed by atoms with Crippen molar-refractivity contribution in [2.24, 2.45) is 5.92 Å². The zero-order valence-corrected chi connectivity index (χ0v) is 16.8. The molecule has 0 amide bonds. The van der Waals surface area contributed by atoms with Crippen LogP contribution in [0.2, 0.25) is 0 Å². The van der Waals surface area contributed by atoms with Crippen LogP contribution in [0.5, 0.6) is 0 Å². The zero-order valence-electron chi connectivity index (χ0n) is 16.8. The highest BCUT2D eigenvalue weighted by Crippen LogP contribution is 2.29. The van der Waals surface area contributed by atoms with Gasteiger partial charge in [0.2, 0.25) is 0 Å². The summed E-state index contributed by atoms with van der Waals surface area (Å²) in [6, 6.07) is 10.2. The van der Waals surface area contributed by atoms with Crippen molar-refractivity contribution in [1.82, 2.24) is 10.5 Å². The smallest absolute Gasteiger partial charge is 0.137 e. The summed E-state index contributed by atoms with van der Waals surface area (Å²) >= 11 is 0. The molecule has 2 fully saturated rings. The Morgan fingerprint density at radius 3 is 2.79 bits per heavy atom. The Balaban J connectivity index is 1.15. The molecule has 1 aromatic heterocycles. The van der Waals surface area contributed by atoms with Crippen LogP contribution in [0.15, 0.2) is 28.8 Å². The number of aromatic nitrogens is 1. The minimum absolute atomic E-state index is 0.418. The van der Waals surface area contributed by atoms with Crippen LogP contribution in [0.1, 0.15) is 41.8 Å². The first kappa shape index (κ1) is 18.2. The van der Waals surface area contributed by atoms with Gasteiger partial charge in [-0.2, -0.15) is 0 Å². The molecule has 1 aliphatic carbocycles. The molecule has 3 heterocycles. The number of aryl methyl sites for hydroxylation is 3. The average molecular weight is 382 g/mol. The van der Waals surface area contributed by atoms with E-state index in [2.05, 4.69) is 33.6 Å². The summed E-state index contributed by atoms with van der Waals surface area (Å²) in [6.45, 7) is 5.86. The van der Waals surface area contributed by atoms with Gasteiger partial charge in [-0.05, 0) is 62.3 Å². The molecule has 2 aliphatic heterocycles. The fourth-order valence-electron chi connectivity index (χ4n) is 5.12. The topological polar surface area (TPSA) is 50.5 Å². The molecule has 28 heavy (non-hydrogen) atoms. The molecule has 150 valence electrons. The van der Waals surface area contributed by atoms with E-state index in [0.29, 0.717) is 18.0 Å². The quantitative estimate of drug-likeness (QED) is 0.861. The Bertz CT molecular complexity index is 810. The Morgan fingerprint density at radius 1 is 1.11 bits per heavy atom. The highest BCUT2D eigenvalue weighted by molar-refractivity contribution is 5.52. The summed E-state index contributed by atoms with van der Waals surface area (Å²) < 4.78 is 11.2. The monoisotopic (exact) mass is 381 g/mol. The SMILES string of the molecule is Cc1cc(C[C@@H]2COC[C@@H]2NC2CCN(c3ccc4c(c3)CCC4)CC2)on1. The summed E-state index contributed by atoms with van der Waals surface area (Å²) in [5, 5.41) is 7.91. The van der Waals surface area contributed by atoms with E-state index >= 15 is 0 Å². The predicted molar refractivity (Wildman–Crippen MR) is 110 cm³/mol. The maximum Gasteiger partial charge on any atom is 0.137 e. The van der Waals surface area contributed by atoms with Gasteiger partial charge in [0, 0.05) is 49.3 Å². The minimum atomic E-state index is 0.418. The standard InChI is InChI=1S/C23H31N3O2/c1-16-11-22(28-25-16)13-19-14-27-15-23(19)24-20-7-9-26(10-8-20)21-6-5-17-3-2-4-18(17)12-21/h5-6,11-12,19-20,23-24H,2-4,7-10,13-15H2,1H3/t19-,23+/m1/s1. The molecule has 0 saturated carbocycles. The van der Waals surface area contributed by atoms with E-state index < -0.39 is 0 Å². The molecule has 5 rings (SSSR count). The number of rotatable bonds is 5. The van der Waals surface area contributed by atoms with Crippen LogP contribution in [0.4, 0.5) is 5.69 Å². The second-order valence-corrected chi connectivity index (χ2v) is 8.78. The van der Waals surface area contributed by atoms with E-state index in [1.807, 2.05) is 13.0 Å². The van der Waals surface area contributed by atoms with Crippen LogP contribution in [0.25, 0.3) is 0 Å². The van der Waals surface area contributed by atoms with Gasteiger partial charge >= 0.3 is 0 Å². The Labute approximate surface area is 167 Å². The van der Waals surface area contributed by atoms with E-state index in [-0.39, 0.29) is 0 Å². The van der Waals surface area contributed by atoms with Crippen LogP contribution in [0.3, 0.4) is 0 Å². The third-order valence-corrected chi connectivity index (χ3v) is 6.73. The Kier molecular flexibility index (Phi) is 5.12. The third-order valence-electron chi connectivity index (χ3n) is 6.73. The number of hydrogen-bond donors (Lipinski definition) is 1. The van der Waals surface area contributed by atoms with Crippen molar-refractivity contribution in [2.45, 2.75) is 57.5 Å². The fraction of sp³-hybridized carbons (Fsp3) is 0.609. The number of nitrogens with zero attached hydrogens (tertiary/aromatic N) is 2. The Morgan fingerprint density at radius 2 is 1.96 bits per heavy atom. The van der Waals surface area contributed by atoms with Gasteiger partial charge in [0.15, 0.2) is 0 Å². The highest BCUT2D eigenvalue weighted by Gasteiger charge is 2.32. The number of piperidine rings is 1. The van der Waals surface area contributed by atoms with E-state index in [1.54, 1.807) is 11.1 Å². The van der Waals surface area contributed by atoms with Crippen molar-refractivity contribution >= 4 is 5.69 Å². The lowest BCUT2D eigenvalue weighted by Gasteiger charge is -2.36. The summed E-state index contributed by atoms with van der Waals surface area (Å²) in [5.74, 6) is 1.45. The molecule has 0 radical (unpaired) electrons. The first-order chi connectivity index (χ1) is 13.7. The molecule has 5 heteroatoms. The normalized spacial score (nSPS) is 25.4. The van der Waals surface area contributed by atoms with Crippen molar-refractivity contribution in [3.05, 3.63) is 46.8 Å². The molecule has 0 spiro atoms. The number of fused-ring (bicyclic) bond motifs is 1. The maximum atomic E-state index is 5.79. The zero-order chi connectivity index (χ0) is 18.9. The van der Waals surface area contributed by atoms with Gasteiger partial charge in [-0.15, -0.1) is 0 Å². The van der Waals surface area contributed by atoms with Crippen LogP contribution in [-0.2, 0) is 24.0 Å². The molecule has 2 saturated heterocycles. The largest absolute Gasteiger partial charge is 0.379 e. The van der Waals surface area contributed by atoms with Crippen molar-refractivity contribution in [2.75, 3.05) is 31.2 Å². The van der Waals surface area contributed by atoms with Crippen molar-refractivity contribution in [3.8, 4) is 0 Å². The number of nitrogens with one attached hydrogen (secondary N) is 1. The fourth-order valence-corrected chi connectivity index (χ4v) is 5.12. The molecule has 1 aromatic carbocycles. The van der Waals surface area contributed by atoms with Crippen molar-refractivity contribution in [3.63, 3.8) is 0 Å². The second-order valence-electron chi connectivity index (χ2n) is 8.78. The van der Waals surface area contributed by atoms with Gasteiger partial charge in [0.1, 0.15) is 5.76 Å². The van der Waals surface area contributed by atoms with Gasteiger partial charge in [-0.3, -0.25) is 0 Å². The second kappa shape index (κ2) is 7.88. The molecule has 3 aliphatic rings. The van der Waals surface area contributed by atoms with E-state index in [0.717, 1.165) is 44.2 Å². The van der Waals surface area contributed by atoms with E-state index in [9.17, 15) is 0 Å². The van der Waals surface area contributed by atoms with E-state index in [1.165, 1.54) is 37.8 Å². The van der Waals surface area contributed by atoms with Gasteiger partial charge in [0.05, 0.1) is 18.9 Å². The molecule has 5 nitrogen and oxygen atoms in total. The lowest BCUT2D eigenvalue weighted by atomic mass is 9.95. The van der Waals surface area contributed by atoms with Gasteiger partial charge in [-0.25, -0.2) is 0 Å². The van der Waals surface area contributed by atoms with E-state index in [4.69, 9.17) is 9.26 Å². The summed E-state index contributed by atoms with van der Waals surface area (Å²) in [6.07, 6.45) is 7.15. The molecule has 1 N–H and O–H groups in total. The summed E-state index contributed by atoms with van der Waals surface area (Å²) in [5.41, 5.74) is 5.51. The first-order valence-corrected chi connectivity index (χ1v) is 10.9. The lowest BCUT2D eigenvalue weighted by Crippen LogP contribution is -2.48. The molecular weight excluding hydrogens is 350 g/mol. The average Bonchev–Trinajstić information content (AvgIpc) is 3.44. The van der Waals surface area contributed by atoms with Crippen molar-refractivity contribution < 1.29 is 9.26 Å². The molecule has 2 atom stereocenters. The molecule has 2 aromatic rings. The number of anilines is 1. The van der Waals surface area contributed by atoms with Crippen LogP contribution in [-0.4, -0.2) is 43.5 Å². The summed E-state index contributed by atoms with van der Waals surface area (Å²) in [4.78, 5) is 2.57. The van der Waals surface area contributed by atoms with Crippen LogP contribution >= 0.6 is 0 Å². The maximum absolute atomic E-state index is 5.79. The summed E-state index contributed by atoms with van der Waals surface area (Å²) in [7, 11) is 0.